The van der Waals surface area contributed by atoms with Crippen LogP contribution in [0, 0.1) is 0 Å². The maximum Gasteiger partial charge on any atom is 0.257 e. The number of thiazole rings is 1. The van der Waals surface area contributed by atoms with Crippen LogP contribution in [0.3, 0.4) is 0 Å². The van der Waals surface area contributed by atoms with Gasteiger partial charge in [-0.15, -0.1) is 11.3 Å². The van der Waals surface area contributed by atoms with Gasteiger partial charge in [0, 0.05) is 35.1 Å². The third-order valence-corrected chi connectivity index (χ3v) is 6.82. The van der Waals surface area contributed by atoms with E-state index in [4.69, 9.17) is 0 Å². The van der Waals surface area contributed by atoms with Crippen LogP contribution >= 0.6 is 27.3 Å². The predicted molar refractivity (Wildman–Crippen MR) is 111 cm³/mol. The van der Waals surface area contributed by atoms with Crippen LogP contribution in [-0.2, 0) is 10.0 Å². The Bertz CT molecular complexity index is 1080. The molecule has 2 aromatic carbocycles. The number of amides is 1. The average Bonchev–Trinajstić information content (AvgIpc) is 3.10. The van der Waals surface area contributed by atoms with Gasteiger partial charge in [0.15, 0.2) is 5.13 Å². The van der Waals surface area contributed by atoms with E-state index in [9.17, 15) is 13.2 Å². The molecule has 0 saturated carbocycles. The van der Waals surface area contributed by atoms with E-state index in [-0.39, 0.29) is 10.8 Å². The van der Waals surface area contributed by atoms with Crippen molar-refractivity contribution in [3.63, 3.8) is 0 Å². The molecule has 0 radical (unpaired) electrons. The van der Waals surface area contributed by atoms with Crippen LogP contribution in [0.5, 0.6) is 0 Å². The molecule has 0 aliphatic carbocycles. The maximum absolute atomic E-state index is 12.3. The van der Waals surface area contributed by atoms with Gasteiger partial charge < -0.3 is 0 Å². The highest BCUT2D eigenvalue weighted by Crippen LogP contribution is 2.27. The number of hydrogen-bond acceptors (Lipinski definition) is 5. The number of nitrogens with one attached hydrogen (secondary N) is 1. The molecule has 140 valence electrons. The van der Waals surface area contributed by atoms with Crippen molar-refractivity contribution in [3.05, 3.63) is 63.9 Å². The monoisotopic (exact) mass is 465 g/mol. The summed E-state index contributed by atoms with van der Waals surface area (Å²) in [6, 6.07) is 13.6. The molecule has 0 unspecified atom stereocenters. The number of carbonyl (C=O) groups is 1. The summed E-state index contributed by atoms with van der Waals surface area (Å²) >= 11 is 4.65. The van der Waals surface area contributed by atoms with E-state index >= 15 is 0 Å². The number of carbonyl (C=O) groups excluding carboxylic acids is 1. The molecule has 0 spiro atoms. The van der Waals surface area contributed by atoms with Gasteiger partial charge in [0.2, 0.25) is 10.0 Å². The van der Waals surface area contributed by atoms with Crippen molar-refractivity contribution in [1.29, 1.82) is 0 Å². The largest absolute Gasteiger partial charge is 0.298 e. The molecule has 1 heterocycles. The van der Waals surface area contributed by atoms with Crippen LogP contribution < -0.4 is 5.32 Å². The number of aromatic nitrogens is 1. The summed E-state index contributed by atoms with van der Waals surface area (Å²) < 4.78 is 26.2. The summed E-state index contributed by atoms with van der Waals surface area (Å²) in [5.41, 5.74) is 1.96. The first-order chi connectivity index (χ1) is 12.8. The minimum Gasteiger partial charge on any atom is -0.298 e. The molecule has 1 N–H and O–H groups in total. The van der Waals surface area contributed by atoms with Gasteiger partial charge in [-0.05, 0) is 30.3 Å². The Hall–Kier alpha value is -2.07. The van der Waals surface area contributed by atoms with Gasteiger partial charge in [-0.1, -0.05) is 34.1 Å². The molecule has 0 fully saturated rings. The molecule has 0 aliphatic heterocycles. The molecule has 0 atom stereocenters. The Morgan fingerprint density at radius 1 is 1.15 bits per heavy atom. The lowest BCUT2D eigenvalue weighted by molar-refractivity contribution is 0.102. The Labute approximate surface area is 170 Å². The van der Waals surface area contributed by atoms with Crippen molar-refractivity contribution < 1.29 is 13.2 Å². The number of sulfonamides is 1. The fourth-order valence-electron chi connectivity index (χ4n) is 2.27. The van der Waals surface area contributed by atoms with Crippen molar-refractivity contribution in [2.24, 2.45) is 0 Å². The first kappa shape index (κ1) is 19.7. The van der Waals surface area contributed by atoms with Gasteiger partial charge in [-0.25, -0.2) is 17.7 Å². The fourth-order valence-corrected chi connectivity index (χ4v) is 4.29. The third-order valence-electron chi connectivity index (χ3n) is 3.74. The average molecular weight is 466 g/mol. The first-order valence-corrected chi connectivity index (χ1v) is 10.9. The standard InChI is InChI=1S/C18H16BrN3O3S2/c1-22(2)27(24,25)15-8-6-12(7-9-15)16-11-26-18(20-16)21-17(23)13-4-3-5-14(19)10-13/h3-11H,1-2H3,(H,20,21,23). The number of nitrogens with zero attached hydrogens (tertiary/aromatic N) is 2. The summed E-state index contributed by atoms with van der Waals surface area (Å²) in [4.78, 5) is 16.9. The molecule has 6 nitrogen and oxygen atoms in total. The lowest BCUT2D eigenvalue weighted by Crippen LogP contribution is -2.22. The minimum absolute atomic E-state index is 0.217. The molecule has 1 amide bonds. The zero-order valence-corrected chi connectivity index (χ0v) is 17.7. The molecule has 0 saturated heterocycles. The molecular formula is C18H16BrN3O3S2. The maximum atomic E-state index is 12.3. The van der Waals surface area contributed by atoms with Gasteiger partial charge in [-0.2, -0.15) is 0 Å². The normalized spacial score (nSPS) is 11.6. The van der Waals surface area contributed by atoms with E-state index in [0.717, 1.165) is 10.0 Å². The molecule has 0 bridgehead atoms. The number of anilines is 1. The van der Waals surface area contributed by atoms with E-state index in [1.165, 1.54) is 29.7 Å². The van der Waals surface area contributed by atoms with E-state index in [1.807, 2.05) is 11.4 Å². The second kappa shape index (κ2) is 7.89. The molecule has 27 heavy (non-hydrogen) atoms. The summed E-state index contributed by atoms with van der Waals surface area (Å²) in [6.45, 7) is 0. The van der Waals surface area contributed by atoms with Crippen molar-refractivity contribution in [1.82, 2.24) is 9.29 Å². The van der Waals surface area contributed by atoms with Crippen molar-refractivity contribution in [2.45, 2.75) is 4.90 Å². The minimum atomic E-state index is -3.47. The molecular weight excluding hydrogens is 450 g/mol. The Morgan fingerprint density at radius 2 is 1.85 bits per heavy atom. The van der Waals surface area contributed by atoms with E-state index in [2.05, 4.69) is 26.2 Å². The van der Waals surface area contributed by atoms with Crippen LogP contribution in [0.1, 0.15) is 10.4 Å². The zero-order valence-electron chi connectivity index (χ0n) is 14.5. The topological polar surface area (TPSA) is 79.4 Å². The predicted octanol–water partition coefficient (Wildman–Crippen LogP) is 4.08. The van der Waals surface area contributed by atoms with E-state index < -0.39 is 10.0 Å². The van der Waals surface area contributed by atoms with Crippen LogP contribution in [0.2, 0.25) is 0 Å². The van der Waals surface area contributed by atoms with Gasteiger partial charge in [0.05, 0.1) is 10.6 Å². The molecule has 9 heteroatoms. The second-order valence-corrected chi connectivity index (χ2v) is 9.74. The molecule has 3 aromatic rings. The van der Waals surface area contributed by atoms with Crippen molar-refractivity contribution >= 4 is 48.3 Å². The third kappa shape index (κ3) is 4.44. The van der Waals surface area contributed by atoms with Crippen LogP contribution in [-0.4, -0.2) is 37.7 Å². The number of benzene rings is 2. The van der Waals surface area contributed by atoms with Crippen molar-refractivity contribution in [2.75, 3.05) is 19.4 Å². The number of hydrogen-bond donors (Lipinski definition) is 1. The summed E-state index contributed by atoms with van der Waals surface area (Å²) in [5.74, 6) is -0.246. The molecule has 1 aromatic heterocycles. The van der Waals surface area contributed by atoms with Gasteiger partial charge in [-0.3, -0.25) is 10.1 Å². The van der Waals surface area contributed by atoms with E-state index in [0.29, 0.717) is 16.4 Å². The van der Waals surface area contributed by atoms with Gasteiger partial charge >= 0.3 is 0 Å². The first-order valence-electron chi connectivity index (χ1n) is 7.83. The Balaban J connectivity index is 1.77. The SMILES string of the molecule is CN(C)S(=O)(=O)c1ccc(-c2csc(NC(=O)c3cccc(Br)c3)n2)cc1. The highest BCUT2D eigenvalue weighted by molar-refractivity contribution is 9.10. The number of halogens is 1. The summed E-state index contributed by atoms with van der Waals surface area (Å²) in [6.07, 6.45) is 0. The van der Waals surface area contributed by atoms with Crippen LogP contribution in [0.4, 0.5) is 5.13 Å². The fraction of sp³-hybridized carbons (Fsp3) is 0.111. The van der Waals surface area contributed by atoms with Crippen molar-refractivity contribution in [3.8, 4) is 11.3 Å². The second-order valence-electron chi connectivity index (χ2n) is 5.81. The van der Waals surface area contributed by atoms with Crippen LogP contribution in [0.25, 0.3) is 11.3 Å². The lowest BCUT2D eigenvalue weighted by Gasteiger charge is -2.11. The number of rotatable bonds is 5. The summed E-state index contributed by atoms with van der Waals surface area (Å²) in [5, 5.41) is 5.05. The Morgan fingerprint density at radius 3 is 2.48 bits per heavy atom. The summed E-state index contributed by atoms with van der Waals surface area (Å²) in [7, 11) is -0.486. The molecule has 0 aliphatic rings. The highest BCUT2D eigenvalue weighted by Gasteiger charge is 2.17. The smallest absolute Gasteiger partial charge is 0.257 e. The van der Waals surface area contributed by atoms with Crippen LogP contribution in [0.15, 0.2) is 63.3 Å². The quantitative estimate of drug-likeness (QED) is 0.615. The van der Waals surface area contributed by atoms with Gasteiger partial charge in [0.25, 0.3) is 5.91 Å². The zero-order chi connectivity index (χ0) is 19.6. The highest BCUT2D eigenvalue weighted by atomic mass is 79.9. The lowest BCUT2D eigenvalue weighted by atomic mass is 10.2. The van der Waals surface area contributed by atoms with Gasteiger partial charge in [0.1, 0.15) is 0 Å². The Kier molecular flexibility index (Phi) is 5.75. The molecule has 3 rings (SSSR count). The van der Waals surface area contributed by atoms with E-state index in [1.54, 1.807) is 42.5 Å².